The van der Waals surface area contributed by atoms with Gasteiger partial charge in [0, 0.05) is 23.8 Å². The Hall–Kier alpha value is -1.89. The van der Waals surface area contributed by atoms with Crippen molar-refractivity contribution in [3.05, 3.63) is 16.0 Å². The molecule has 2 aliphatic carbocycles. The summed E-state index contributed by atoms with van der Waals surface area (Å²) in [7, 11) is 0. The zero-order chi connectivity index (χ0) is 19.4. The molecule has 2 amide bonds. The lowest BCUT2D eigenvalue weighted by Crippen LogP contribution is -2.36. The van der Waals surface area contributed by atoms with Crippen LogP contribution in [0.15, 0.2) is 0 Å². The van der Waals surface area contributed by atoms with Crippen LogP contribution in [0.5, 0.6) is 0 Å². The lowest BCUT2D eigenvalue weighted by atomic mass is 9.95. The van der Waals surface area contributed by atoms with Crippen molar-refractivity contribution in [2.75, 3.05) is 5.32 Å². The second-order valence-electron chi connectivity index (χ2n) is 7.83. The van der Waals surface area contributed by atoms with Gasteiger partial charge in [0.25, 0.3) is 5.91 Å². The number of amides is 2. The summed E-state index contributed by atoms with van der Waals surface area (Å²) in [4.78, 5) is 37.3. The van der Waals surface area contributed by atoms with Crippen molar-refractivity contribution < 1.29 is 19.5 Å². The van der Waals surface area contributed by atoms with Gasteiger partial charge in [-0.2, -0.15) is 0 Å². The van der Waals surface area contributed by atoms with E-state index >= 15 is 0 Å². The molecule has 1 fully saturated rings. The summed E-state index contributed by atoms with van der Waals surface area (Å²) in [6, 6.07) is 0.224. The van der Waals surface area contributed by atoms with Crippen LogP contribution >= 0.6 is 11.3 Å². The fourth-order valence-electron chi connectivity index (χ4n) is 4.10. The number of nitrogens with one attached hydrogen (secondary N) is 2. The van der Waals surface area contributed by atoms with Gasteiger partial charge in [-0.05, 0) is 43.6 Å². The molecule has 148 valence electrons. The van der Waals surface area contributed by atoms with Gasteiger partial charge < -0.3 is 15.7 Å². The first kappa shape index (κ1) is 19.9. The maximum atomic E-state index is 13.0. The average Bonchev–Trinajstić information content (AvgIpc) is 3.15. The number of rotatable bonds is 7. The third kappa shape index (κ3) is 5.09. The zero-order valence-corrected chi connectivity index (χ0v) is 16.6. The van der Waals surface area contributed by atoms with Gasteiger partial charge in [0.2, 0.25) is 5.91 Å². The van der Waals surface area contributed by atoms with Crippen molar-refractivity contribution in [1.29, 1.82) is 0 Å². The van der Waals surface area contributed by atoms with Crippen LogP contribution < -0.4 is 10.6 Å². The Morgan fingerprint density at radius 3 is 2.56 bits per heavy atom. The number of carbonyl (C=O) groups excluding carboxylic acids is 2. The molecule has 3 rings (SSSR count). The van der Waals surface area contributed by atoms with E-state index in [9.17, 15) is 14.4 Å². The van der Waals surface area contributed by atoms with Crippen LogP contribution in [0.4, 0.5) is 5.00 Å². The number of aliphatic carboxylic acids is 1. The van der Waals surface area contributed by atoms with Crippen LogP contribution in [0.1, 0.15) is 79.1 Å². The Bertz CT molecular complexity index is 722. The highest BCUT2D eigenvalue weighted by molar-refractivity contribution is 7.17. The molecule has 1 aromatic heterocycles. The molecule has 2 aliphatic rings. The number of carboxylic acids is 1. The van der Waals surface area contributed by atoms with Crippen LogP contribution in [0.25, 0.3) is 0 Å². The lowest BCUT2D eigenvalue weighted by molar-refractivity contribution is -0.138. The van der Waals surface area contributed by atoms with E-state index < -0.39 is 5.97 Å². The minimum atomic E-state index is -0.905. The first-order chi connectivity index (χ1) is 12.9. The van der Waals surface area contributed by atoms with E-state index in [1.165, 1.54) is 22.6 Å². The number of anilines is 1. The Morgan fingerprint density at radius 1 is 1.11 bits per heavy atom. The van der Waals surface area contributed by atoms with Gasteiger partial charge in [-0.1, -0.05) is 26.2 Å². The number of hydrogen-bond acceptors (Lipinski definition) is 4. The summed E-state index contributed by atoms with van der Waals surface area (Å²) in [6.07, 6.45) is 8.56. The van der Waals surface area contributed by atoms with Crippen LogP contribution in [-0.4, -0.2) is 28.9 Å². The van der Waals surface area contributed by atoms with Crippen LogP contribution in [-0.2, 0) is 22.4 Å². The molecule has 27 heavy (non-hydrogen) atoms. The molecule has 0 unspecified atom stereocenters. The van der Waals surface area contributed by atoms with Crippen molar-refractivity contribution in [3.63, 3.8) is 0 Å². The monoisotopic (exact) mass is 392 g/mol. The van der Waals surface area contributed by atoms with Gasteiger partial charge in [0.05, 0.1) is 5.56 Å². The van der Waals surface area contributed by atoms with Crippen LogP contribution in [0.3, 0.4) is 0 Å². The Morgan fingerprint density at radius 2 is 1.85 bits per heavy atom. The van der Waals surface area contributed by atoms with Crippen molar-refractivity contribution in [2.45, 2.75) is 77.2 Å². The van der Waals surface area contributed by atoms with Gasteiger partial charge >= 0.3 is 5.97 Å². The quantitative estimate of drug-likeness (QED) is 0.659. The number of fused-ring (bicyclic) bond motifs is 1. The molecule has 0 aromatic carbocycles. The molecule has 0 saturated heterocycles. The molecular formula is C20H28N2O4S. The highest BCUT2D eigenvalue weighted by atomic mass is 32.1. The molecule has 1 atom stereocenters. The molecule has 0 bridgehead atoms. The van der Waals surface area contributed by atoms with Gasteiger partial charge in [-0.15, -0.1) is 11.3 Å². The van der Waals surface area contributed by atoms with E-state index in [0.29, 0.717) is 10.6 Å². The van der Waals surface area contributed by atoms with E-state index in [1.54, 1.807) is 6.92 Å². The highest BCUT2D eigenvalue weighted by Crippen LogP contribution is 2.39. The molecule has 1 aromatic rings. The molecular weight excluding hydrogens is 364 g/mol. The Balaban J connectivity index is 1.70. The standard InChI is InChI=1S/C20H28N2O4S/c1-12(11-17(24)25)10-16(23)22-20-18(14-8-5-9-15(14)27-20)19(26)21-13-6-3-2-4-7-13/h12-13H,2-11H2,1H3,(H,21,26)(H,22,23)(H,24,25)/t12-/m0/s1. The first-order valence-electron chi connectivity index (χ1n) is 9.91. The van der Waals surface area contributed by atoms with Gasteiger partial charge in [-0.3, -0.25) is 14.4 Å². The summed E-state index contributed by atoms with van der Waals surface area (Å²) in [5, 5.41) is 15.5. The van der Waals surface area contributed by atoms with Crippen molar-refractivity contribution in [2.24, 2.45) is 5.92 Å². The molecule has 0 aliphatic heterocycles. The topological polar surface area (TPSA) is 95.5 Å². The van der Waals surface area contributed by atoms with Crippen molar-refractivity contribution in [3.8, 4) is 0 Å². The van der Waals surface area contributed by atoms with Gasteiger partial charge in [-0.25, -0.2) is 0 Å². The molecule has 6 nitrogen and oxygen atoms in total. The van der Waals surface area contributed by atoms with E-state index in [-0.39, 0.29) is 36.6 Å². The first-order valence-corrected chi connectivity index (χ1v) is 10.7. The molecule has 1 heterocycles. The third-order valence-electron chi connectivity index (χ3n) is 5.40. The SMILES string of the molecule is C[C@H](CC(=O)O)CC(=O)Nc1sc2c(c1C(=O)NC1CCCCC1)CCC2. The number of hydrogen-bond donors (Lipinski definition) is 3. The Kier molecular flexibility index (Phi) is 6.52. The van der Waals surface area contributed by atoms with Crippen LogP contribution in [0, 0.1) is 5.92 Å². The molecule has 3 N–H and O–H groups in total. The predicted molar refractivity (Wildman–Crippen MR) is 105 cm³/mol. The number of carbonyl (C=O) groups is 3. The van der Waals surface area contributed by atoms with Gasteiger partial charge in [0.15, 0.2) is 0 Å². The number of aryl methyl sites for hydroxylation is 1. The highest BCUT2D eigenvalue weighted by Gasteiger charge is 2.29. The van der Waals surface area contributed by atoms with Crippen molar-refractivity contribution >= 4 is 34.1 Å². The second kappa shape index (κ2) is 8.87. The summed E-state index contributed by atoms with van der Waals surface area (Å²) in [5.41, 5.74) is 1.72. The summed E-state index contributed by atoms with van der Waals surface area (Å²) in [5.74, 6) is -1.45. The van der Waals surface area contributed by atoms with Gasteiger partial charge in [0.1, 0.15) is 5.00 Å². The maximum absolute atomic E-state index is 13.0. The number of thiophene rings is 1. The maximum Gasteiger partial charge on any atom is 0.303 e. The third-order valence-corrected chi connectivity index (χ3v) is 6.61. The minimum absolute atomic E-state index is 0.0383. The zero-order valence-electron chi connectivity index (χ0n) is 15.8. The summed E-state index contributed by atoms with van der Waals surface area (Å²) < 4.78 is 0. The molecule has 7 heteroatoms. The van der Waals surface area contributed by atoms with E-state index in [0.717, 1.165) is 50.5 Å². The average molecular weight is 393 g/mol. The molecule has 1 saturated carbocycles. The summed E-state index contributed by atoms with van der Waals surface area (Å²) in [6.45, 7) is 1.75. The van der Waals surface area contributed by atoms with Crippen LogP contribution in [0.2, 0.25) is 0 Å². The second-order valence-corrected chi connectivity index (χ2v) is 8.93. The van der Waals surface area contributed by atoms with E-state index in [2.05, 4.69) is 10.6 Å². The largest absolute Gasteiger partial charge is 0.481 e. The summed E-state index contributed by atoms with van der Waals surface area (Å²) >= 11 is 1.50. The molecule has 0 radical (unpaired) electrons. The van der Waals surface area contributed by atoms with E-state index in [4.69, 9.17) is 5.11 Å². The van der Waals surface area contributed by atoms with E-state index in [1.807, 2.05) is 0 Å². The predicted octanol–water partition coefficient (Wildman–Crippen LogP) is 3.74. The minimum Gasteiger partial charge on any atom is -0.481 e. The normalized spacial score (nSPS) is 18.0. The fourth-order valence-corrected chi connectivity index (χ4v) is 5.40. The fraction of sp³-hybridized carbons (Fsp3) is 0.650. The lowest BCUT2D eigenvalue weighted by Gasteiger charge is -2.23. The van der Waals surface area contributed by atoms with Crippen molar-refractivity contribution in [1.82, 2.24) is 5.32 Å². The Labute approximate surface area is 163 Å². The molecule has 0 spiro atoms. The smallest absolute Gasteiger partial charge is 0.303 e. The number of carboxylic acid groups (broad SMARTS) is 1.